The number of carbonyl (C=O) groups excluding carboxylic acids is 1. The molecule has 2 heterocycles. The molecule has 5 rings (SSSR count). The Bertz CT molecular complexity index is 1740. The zero-order valence-electron chi connectivity index (χ0n) is 24.9. The Labute approximate surface area is 259 Å². The molecule has 4 aromatic rings. The highest BCUT2D eigenvalue weighted by Gasteiger charge is 2.37. The summed E-state index contributed by atoms with van der Waals surface area (Å²) in [6, 6.07) is 27.0. The number of aryl methyl sites for hydroxylation is 2. The highest BCUT2D eigenvalue weighted by Crippen LogP contribution is 2.30. The maximum Gasteiger partial charge on any atom is 0.247 e. The van der Waals surface area contributed by atoms with Crippen LogP contribution in [0.15, 0.2) is 110 Å². The number of anilines is 1. The van der Waals surface area contributed by atoms with Crippen molar-refractivity contribution in [2.24, 2.45) is 0 Å². The Hall–Kier alpha value is -4.76. The molecule has 1 unspecified atom stereocenters. The fourth-order valence-corrected chi connectivity index (χ4v) is 6.68. The van der Waals surface area contributed by atoms with Crippen LogP contribution in [0, 0.1) is 13.8 Å². The molecule has 9 heteroatoms. The van der Waals surface area contributed by atoms with Crippen LogP contribution in [0.25, 0.3) is 11.3 Å². The Morgan fingerprint density at radius 3 is 2.27 bits per heavy atom. The van der Waals surface area contributed by atoms with E-state index in [0.717, 1.165) is 27.8 Å². The van der Waals surface area contributed by atoms with Gasteiger partial charge in [0.1, 0.15) is 6.10 Å². The Kier molecular flexibility index (Phi) is 9.55. The summed E-state index contributed by atoms with van der Waals surface area (Å²) in [5.41, 5.74) is 5.23. The number of sulfonamides is 1. The van der Waals surface area contributed by atoms with Crippen molar-refractivity contribution < 1.29 is 17.9 Å². The molecular weight excluding hydrogens is 572 g/mol. The minimum absolute atomic E-state index is 0.0564. The summed E-state index contributed by atoms with van der Waals surface area (Å²) >= 11 is 0. The number of carbonyl (C=O) groups is 1. The molecule has 226 valence electrons. The topological polar surface area (TPSA) is 101 Å². The third-order valence-corrected chi connectivity index (χ3v) is 9.10. The van der Waals surface area contributed by atoms with Gasteiger partial charge in [-0.15, -0.1) is 0 Å². The molecule has 3 aromatic carbocycles. The smallest absolute Gasteiger partial charge is 0.247 e. The second kappa shape index (κ2) is 13.7. The zero-order valence-corrected chi connectivity index (χ0v) is 25.7. The second-order valence-electron chi connectivity index (χ2n) is 10.9. The predicted molar refractivity (Wildman–Crippen MR) is 174 cm³/mol. The minimum Gasteiger partial charge on any atom is -0.472 e. The quantitative estimate of drug-likeness (QED) is 0.245. The Morgan fingerprint density at radius 2 is 1.61 bits per heavy atom. The van der Waals surface area contributed by atoms with Crippen molar-refractivity contribution in [3.05, 3.63) is 132 Å². The van der Waals surface area contributed by atoms with Crippen LogP contribution in [0.3, 0.4) is 0 Å². The number of hydrogen-bond donors (Lipinski definition) is 1. The lowest BCUT2D eigenvalue weighted by Gasteiger charge is -2.30. The first-order chi connectivity index (χ1) is 21.2. The highest BCUT2D eigenvalue weighted by molar-refractivity contribution is 7.94. The van der Waals surface area contributed by atoms with Crippen LogP contribution in [-0.4, -0.2) is 47.1 Å². The van der Waals surface area contributed by atoms with Gasteiger partial charge in [-0.3, -0.25) is 9.52 Å². The van der Waals surface area contributed by atoms with Crippen molar-refractivity contribution in [3.8, 4) is 17.1 Å². The maximum atomic E-state index is 14.3. The first kappa shape index (κ1) is 30.7. The number of ether oxygens (including phenoxy) is 1. The van der Waals surface area contributed by atoms with Gasteiger partial charge in [0.15, 0.2) is 5.25 Å². The first-order valence-electron chi connectivity index (χ1n) is 14.5. The van der Waals surface area contributed by atoms with Crippen LogP contribution in [0.1, 0.15) is 28.7 Å². The summed E-state index contributed by atoms with van der Waals surface area (Å²) in [6.07, 6.45) is 4.69. The molecule has 1 aliphatic heterocycles. The monoisotopic (exact) mass is 608 g/mol. The van der Waals surface area contributed by atoms with Gasteiger partial charge in [0.25, 0.3) is 0 Å². The molecule has 1 aromatic heterocycles. The van der Waals surface area contributed by atoms with Gasteiger partial charge in [0, 0.05) is 24.6 Å². The summed E-state index contributed by atoms with van der Waals surface area (Å²) in [5.74, 6) is -0.476. The average Bonchev–Trinajstić information content (AvgIpc) is 2.99. The molecule has 0 saturated heterocycles. The standard InChI is InChI=1S/C35H36N4O4S/c1-4-5-8-20-31-34(40)39(23-28-18-11-7-12-19-28)24-29(21-27-16-9-6-10-17-27)43-32-22-30(33-25(2)14-13-15-26(33)3)36-35(37-32)38-44(31,41)42/h4-19,22,29,31H,1,20-21,23-24H2,2-3H3,(H,36,37,38)/b8-5-/t29-,31?/m1/s1. The maximum absolute atomic E-state index is 14.3. The number of amides is 1. The normalized spacial score (nSPS) is 18.2. The SMILES string of the molecule is C=C/C=C\CC1C(=O)N(Cc2ccccc2)C[C@@H](Cc2ccccc2)Oc2cc(-c3c(C)cccc3C)nc(n2)NS1(=O)=O. The van der Waals surface area contributed by atoms with Gasteiger partial charge in [0.05, 0.1) is 12.2 Å². The molecule has 44 heavy (non-hydrogen) atoms. The highest BCUT2D eigenvalue weighted by atomic mass is 32.2. The van der Waals surface area contributed by atoms with Crippen LogP contribution in [0.2, 0.25) is 0 Å². The lowest BCUT2D eigenvalue weighted by atomic mass is 10.00. The van der Waals surface area contributed by atoms with Gasteiger partial charge >= 0.3 is 0 Å². The van der Waals surface area contributed by atoms with Gasteiger partial charge in [-0.1, -0.05) is 104 Å². The Morgan fingerprint density at radius 1 is 0.955 bits per heavy atom. The minimum atomic E-state index is -4.29. The van der Waals surface area contributed by atoms with Crippen molar-refractivity contribution in [2.45, 2.75) is 44.6 Å². The van der Waals surface area contributed by atoms with Crippen LogP contribution in [0.5, 0.6) is 5.88 Å². The molecule has 0 saturated carbocycles. The van der Waals surface area contributed by atoms with Crippen molar-refractivity contribution in [2.75, 3.05) is 11.3 Å². The van der Waals surface area contributed by atoms with Crippen LogP contribution in [-0.2, 0) is 27.8 Å². The van der Waals surface area contributed by atoms with E-state index in [2.05, 4.69) is 21.3 Å². The molecule has 0 fully saturated rings. The summed E-state index contributed by atoms with van der Waals surface area (Å²) in [7, 11) is -4.29. The number of aromatic nitrogens is 2. The van der Waals surface area contributed by atoms with E-state index in [1.165, 1.54) is 0 Å². The molecule has 1 amide bonds. The van der Waals surface area contributed by atoms with E-state index >= 15 is 0 Å². The molecule has 0 aliphatic carbocycles. The number of benzene rings is 3. The number of allylic oxidation sites excluding steroid dienone is 3. The van der Waals surface area contributed by atoms with E-state index in [1.54, 1.807) is 29.2 Å². The van der Waals surface area contributed by atoms with Crippen molar-refractivity contribution in [3.63, 3.8) is 0 Å². The van der Waals surface area contributed by atoms with Crippen LogP contribution < -0.4 is 9.46 Å². The molecule has 0 spiro atoms. The van der Waals surface area contributed by atoms with E-state index in [9.17, 15) is 13.2 Å². The van der Waals surface area contributed by atoms with E-state index in [0.29, 0.717) is 12.1 Å². The summed E-state index contributed by atoms with van der Waals surface area (Å²) in [5, 5.41) is -1.44. The molecular formula is C35H36N4O4S. The van der Waals surface area contributed by atoms with Gasteiger partial charge in [-0.2, -0.15) is 4.98 Å². The van der Waals surface area contributed by atoms with E-state index in [-0.39, 0.29) is 31.3 Å². The van der Waals surface area contributed by atoms with Gasteiger partial charge in [0.2, 0.25) is 27.8 Å². The summed E-state index contributed by atoms with van der Waals surface area (Å²) in [6.45, 7) is 7.98. The van der Waals surface area contributed by atoms with E-state index in [1.807, 2.05) is 92.7 Å². The lowest BCUT2D eigenvalue weighted by molar-refractivity contribution is -0.132. The third-order valence-electron chi connectivity index (χ3n) is 7.49. The fourth-order valence-electron chi connectivity index (χ4n) is 5.41. The van der Waals surface area contributed by atoms with Crippen molar-refractivity contribution in [1.82, 2.24) is 14.9 Å². The molecule has 2 bridgehead atoms. The van der Waals surface area contributed by atoms with E-state index in [4.69, 9.17) is 4.74 Å². The largest absolute Gasteiger partial charge is 0.472 e. The second-order valence-corrected chi connectivity index (χ2v) is 12.7. The van der Waals surface area contributed by atoms with Crippen LogP contribution in [0.4, 0.5) is 5.95 Å². The number of fused-ring (bicyclic) bond motifs is 2. The third kappa shape index (κ3) is 7.41. The fraction of sp³-hybridized carbons (Fsp3) is 0.229. The molecule has 1 aliphatic rings. The molecule has 8 nitrogen and oxygen atoms in total. The van der Waals surface area contributed by atoms with Gasteiger partial charge < -0.3 is 9.64 Å². The van der Waals surface area contributed by atoms with Gasteiger partial charge in [-0.05, 0) is 42.5 Å². The average molecular weight is 609 g/mol. The molecule has 1 N–H and O–H groups in total. The van der Waals surface area contributed by atoms with Gasteiger partial charge in [-0.25, -0.2) is 13.4 Å². The predicted octanol–water partition coefficient (Wildman–Crippen LogP) is 6.04. The van der Waals surface area contributed by atoms with E-state index < -0.39 is 27.3 Å². The van der Waals surface area contributed by atoms with Crippen molar-refractivity contribution >= 4 is 21.9 Å². The summed E-state index contributed by atoms with van der Waals surface area (Å²) < 4.78 is 37.0. The number of rotatable bonds is 8. The molecule has 0 radical (unpaired) electrons. The number of hydrogen-bond acceptors (Lipinski definition) is 6. The number of nitrogens with one attached hydrogen (secondary N) is 1. The van der Waals surface area contributed by atoms with Crippen molar-refractivity contribution in [1.29, 1.82) is 0 Å². The molecule has 2 atom stereocenters. The van der Waals surface area contributed by atoms with Crippen LogP contribution >= 0.6 is 0 Å². The zero-order chi connectivity index (χ0) is 31.1. The summed E-state index contributed by atoms with van der Waals surface area (Å²) in [4.78, 5) is 24.9. The number of nitrogens with zero attached hydrogens (tertiary/aromatic N) is 3. The Balaban J connectivity index is 1.65. The first-order valence-corrected chi connectivity index (χ1v) is 16.1. The lowest BCUT2D eigenvalue weighted by Crippen LogP contribution is -2.48.